The van der Waals surface area contributed by atoms with Crippen LogP contribution in [0.4, 0.5) is 5.69 Å². The minimum absolute atomic E-state index is 0.0549. The summed E-state index contributed by atoms with van der Waals surface area (Å²) in [6.07, 6.45) is 2.84. The molecule has 0 aliphatic carbocycles. The number of aromatic amines is 1. The molecule has 1 heterocycles. The highest BCUT2D eigenvalue weighted by molar-refractivity contribution is 6.04. The first kappa shape index (κ1) is 14.6. The van der Waals surface area contributed by atoms with Crippen LogP contribution < -0.4 is 10.7 Å². The number of aliphatic hydroxyl groups excluding tert-OH is 1. The van der Waals surface area contributed by atoms with Gasteiger partial charge in [-0.1, -0.05) is 11.8 Å². The van der Waals surface area contributed by atoms with Gasteiger partial charge in [-0.15, -0.1) is 0 Å². The number of hydrogen-bond acceptors (Lipinski definition) is 3. The van der Waals surface area contributed by atoms with Gasteiger partial charge in [0.1, 0.15) is 12.2 Å². The minimum atomic E-state index is -0.467. The van der Waals surface area contributed by atoms with Crippen molar-refractivity contribution in [1.29, 1.82) is 0 Å². The van der Waals surface area contributed by atoms with Crippen LogP contribution in [0.1, 0.15) is 21.5 Å². The van der Waals surface area contributed by atoms with Gasteiger partial charge < -0.3 is 15.4 Å². The molecule has 0 spiro atoms. The molecule has 5 nitrogen and oxygen atoms in total. The van der Waals surface area contributed by atoms with Crippen LogP contribution in [0.2, 0.25) is 0 Å². The molecule has 1 aromatic carbocycles. The molecule has 0 unspecified atom stereocenters. The predicted octanol–water partition coefficient (Wildman–Crippen LogP) is 1.28. The van der Waals surface area contributed by atoms with Crippen molar-refractivity contribution in [3.63, 3.8) is 0 Å². The van der Waals surface area contributed by atoms with E-state index < -0.39 is 5.91 Å². The molecule has 0 aliphatic rings. The summed E-state index contributed by atoms with van der Waals surface area (Å²) in [7, 11) is 0. The zero-order valence-corrected chi connectivity index (χ0v) is 11.4. The van der Waals surface area contributed by atoms with E-state index in [9.17, 15) is 9.59 Å². The molecule has 21 heavy (non-hydrogen) atoms. The van der Waals surface area contributed by atoms with Crippen molar-refractivity contribution < 1.29 is 9.90 Å². The standard InChI is InChI=1S/C16H14N2O3/c1-11-9-13(5-4-12(11)3-2-8-19)18-16(21)14-10-17-7-6-15(14)20/h4-7,9-10,19H,8H2,1H3,(H,17,20)(H,18,21). The number of aromatic nitrogens is 1. The van der Waals surface area contributed by atoms with E-state index in [1.54, 1.807) is 18.2 Å². The van der Waals surface area contributed by atoms with E-state index in [2.05, 4.69) is 22.1 Å². The maximum Gasteiger partial charge on any atom is 0.261 e. The summed E-state index contributed by atoms with van der Waals surface area (Å²) in [5, 5.41) is 11.3. The molecule has 0 bridgehead atoms. The van der Waals surface area contributed by atoms with Gasteiger partial charge in [0.15, 0.2) is 5.43 Å². The Bertz CT molecular complexity index is 782. The van der Waals surface area contributed by atoms with Crippen LogP contribution in [0.3, 0.4) is 0 Å². The highest BCUT2D eigenvalue weighted by Gasteiger charge is 2.10. The lowest BCUT2D eigenvalue weighted by molar-refractivity contribution is 0.102. The molecule has 2 aromatic rings. The van der Waals surface area contributed by atoms with Crippen LogP contribution in [0.15, 0.2) is 41.5 Å². The third-order valence-electron chi connectivity index (χ3n) is 2.86. The quantitative estimate of drug-likeness (QED) is 0.726. The summed E-state index contributed by atoms with van der Waals surface area (Å²) >= 11 is 0. The monoisotopic (exact) mass is 282 g/mol. The molecule has 0 saturated heterocycles. The first-order valence-electron chi connectivity index (χ1n) is 6.30. The molecule has 0 saturated carbocycles. The number of carbonyl (C=O) groups excluding carboxylic acids is 1. The van der Waals surface area contributed by atoms with Crippen LogP contribution in [0, 0.1) is 18.8 Å². The molecule has 1 amide bonds. The van der Waals surface area contributed by atoms with Crippen molar-refractivity contribution in [3.05, 3.63) is 63.6 Å². The number of nitrogens with one attached hydrogen (secondary N) is 2. The summed E-state index contributed by atoms with van der Waals surface area (Å²) in [5.74, 6) is 4.92. The Kier molecular flexibility index (Phi) is 4.54. The molecule has 3 N–H and O–H groups in total. The van der Waals surface area contributed by atoms with Crippen LogP contribution in [-0.4, -0.2) is 22.6 Å². The zero-order chi connectivity index (χ0) is 15.2. The van der Waals surface area contributed by atoms with Crippen LogP contribution in [-0.2, 0) is 0 Å². The molecule has 0 radical (unpaired) electrons. The molecule has 0 fully saturated rings. The second kappa shape index (κ2) is 6.55. The summed E-state index contributed by atoms with van der Waals surface area (Å²) in [6, 6.07) is 6.51. The maximum atomic E-state index is 12.0. The Morgan fingerprint density at radius 1 is 1.38 bits per heavy atom. The highest BCUT2D eigenvalue weighted by Crippen LogP contribution is 2.15. The van der Waals surface area contributed by atoms with Crippen molar-refractivity contribution in [3.8, 4) is 11.8 Å². The van der Waals surface area contributed by atoms with Gasteiger partial charge in [-0.25, -0.2) is 0 Å². The normalized spacial score (nSPS) is 9.62. The van der Waals surface area contributed by atoms with E-state index in [-0.39, 0.29) is 17.6 Å². The number of amides is 1. The van der Waals surface area contributed by atoms with E-state index in [1.165, 1.54) is 18.5 Å². The lowest BCUT2D eigenvalue weighted by Crippen LogP contribution is -2.20. The third kappa shape index (κ3) is 3.59. The Morgan fingerprint density at radius 2 is 2.19 bits per heavy atom. The van der Waals surface area contributed by atoms with E-state index >= 15 is 0 Å². The topological polar surface area (TPSA) is 82.2 Å². The first-order valence-corrected chi connectivity index (χ1v) is 6.30. The highest BCUT2D eigenvalue weighted by atomic mass is 16.2. The second-order valence-electron chi connectivity index (χ2n) is 4.37. The largest absolute Gasteiger partial charge is 0.384 e. The van der Waals surface area contributed by atoms with Crippen LogP contribution >= 0.6 is 0 Å². The van der Waals surface area contributed by atoms with Gasteiger partial charge in [0.25, 0.3) is 5.91 Å². The number of H-pyrrole nitrogens is 1. The molecule has 5 heteroatoms. The second-order valence-corrected chi connectivity index (χ2v) is 4.37. The Balaban J connectivity index is 2.21. The minimum Gasteiger partial charge on any atom is -0.384 e. The van der Waals surface area contributed by atoms with Gasteiger partial charge in [0, 0.05) is 29.7 Å². The number of aliphatic hydroxyl groups is 1. The number of hydrogen-bond donors (Lipinski definition) is 3. The number of aryl methyl sites for hydroxylation is 1. The van der Waals surface area contributed by atoms with Crippen molar-refractivity contribution in [2.75, 3.05) is 11.9 Å². The predicted molar refractivity (Wildman–Crippen MR) is 80.2 cm³/mol. The van der Waals surface area contributed by atoms with E-state index in [1.807, 2.05) is 6.92 Å². The molecular weight excluding hydrogens is 268 g/mol. The van der Waals surface area contributed by atoms with Gasteiger partial charge in [-0.3, -0.25) is 9.59 Å². The Labute approximate surface area is 121 Å². The van der Waals surface area contributed by atoms with Gasteiger partial charge in [0.2, 0.25) is 0 Å². The van der Waals surface area contributed by atoms with Crippen molar-refractivity contribution in [1.82, 2.24) is 4.98 Å². The summed E-state index contributed by atoms with van der Waals surface area (Å²) in [5.41, 5.74) is 1.94. The fourth-order valence-electron chi connectivity index (χ4n) is 1.81. The number of benzene rings is 1. The number of pyridine rings is 1. The third-order valence-corrected chi connectivity index (χ3v) is 2.86. The van der Waals surface area contributed by atoms with Crippen LogP contribution in [0.5, 0.6) is 0 Å². The average Bonchev–Trinajstić information content (AvgIpc) is 2.47. The summed E-state index contributed by atoms with van der Waals surface area (Å²) in [4.78, 5) is 26.3. The van der Waals surface area contributed by atoms with Gasteiger partial charge in [-0.2, -0.15) is 0 Å². The average molecular weight is 282 g/mol. The molecule has 2 rings (SSSR count). The molecular formula is C16H14N2O3. The van der Waals surface area contributed by atoms with Crippen LogP contribution in [0.25, 0.3) is 0 Å². The van der Waals surface area contributed by atoms with Gasteiger partial charge in [0.05, 0.1) is 0 Å². The van der Waals surface area contributed by atoms with Gasteiger partial charge >= 0.3 is 0 Å². The zero-order valence-electron chi connectivity index (χ0n) is 11.4. The summed E-state index contributed by atoms with van der Waals surface area (Å²) < 4.78 is 0. The molecule has 0 aliphatic heterocycles. The van der Waals surface area contributed by atoms with E-state index in [0.29, 0.717) is 5.69 Å². The maximum absolute atomic E-state index is 12.0. The summed E-state index contributed by atoms with van der Waals surface area (Å²) in [6.45, 7) is 1.65. The Morgan fingerprint density at radius 3 is 2.86 bits per heavy atom. The van der Waals surface area contributed by atoms with E-state index in [0.717, 1.165) is 11.1 Å². The Hall–Kier alpha value is -2.84. The number of carbonyl (C=O) groups is 1. The molecule has 0 atom stereocenters. The van der Waals surface area contributed by atoms with Crippen molar-refractivity contribution in [2.24, 2.45) is 0 Å². The van der Waals surface area contributed by atoms with E-state index in [4.69, 9.17) is 5.11 Å². The molecule has 1 aromatic heterocycles. The van der Waals surface area contributed by atoms with Gasteiger partial charge in [-0.05, 0) is 30.7 Å². The fourth-order valence-corrected chi connectivity index (χ4v) is 1.81. The number of rotatable bonds is 2. The fraction of sp³-hybridized carbons (Fsp3) is 0.125. The smallest absolute Gasteiger partial charge is 0.261 e. The van der Waals surface area contributed by atoms with Crippen molar-refractivity contribution in [2.45, 2.75) is 6.92 Å². The lowest BCUT2D eigenvalue weighted by atomic mass is 10.1. The molecule has 106 valence electrons. The number of anilines is 1. The first-order chi connectivity index (χ1) is 10.1. The SMILES string of the molecule is Cc1cc(NC(=O)c2c[nH]ccc2=O)ccc1C#CCO. The van der Waals surface area contributed by atoms with Crippen molar-refractivity contribution >= 4 is 11.6 Å². The lowest BCUT2D eigenvalue weighted by Gasteiger charge is -2.06.